The van der Waals surface area contributed by atoms with E-state index in [1.807, 2.05) is 24.3 Å². The average molecular weight is 419 g/mol. The fourth-order valence-electron chi connectivity index (χ4n) is 4.46. The summed E-state index contributed by atoms with van der Waals surface area (Å²) in [5.74, 6) is -0.561. The minimum Gasteiger partial charge on any atom is -0.469 e. The molecular formula is C22H30N2O4S. The number of piperidine rings is 1. The molecule has 2 aliphatic rings. The molecule has 2 radical (unpaired) electrons. The monoisotopic (exact) mass is 418 g/mol. The summed E-state index contributed by atoms with van der Waals surface area (Å²) >= 11 is 0. The third-order valence-corrected chi connectivity index (χ3v) is 7.74. The summed E-state index contributed by atoms with van der Waals surface area (Å²) in [5.41, 5.74) is 2.96. The quantitative estimate of drug-likeness (QED) is 0.688. The zero-order valence-electron chi connectivity index (χ0n) is 17.6. The van der Waals surface area contributed by atoms with Crippen LogP contribution >= 0.6 is 0 Å². The van der Waals surface area contributed by atoms with Crippen LogP contribution < -0.4 is 4.90 Å². The molecule has 1 aromatic rings. The maximum Gasteiger partial charge on any atom is 0.308 e. The molecule has 6 nitrogen and oxygen atoms in total. The third-order valence-electron chi connectivity index (χ3n) is 5.92. The number of carbonyl (C=O) groups excluding carboxylic acids is 1. The molecule has 0 amide bonds. The number of esters is 1. The first kappa shape index (κ1) is 21.8. The van der Waals surface area contributed by atoms with Crippen LogP contribution in [0.25, 0.3) is 5.57 Å². The van der Waals surface area contributed by atoms with Gasteiger partial charge >= 0.3 is 5.97 Å². The molecular weight excluding hydrogens is 388 g/mol. The summed E-state index contributed by atoms with van der Waals surface area (Å²) < 4.78 is 32.7. The van der Waals surface area contributed by atoms with E-state index in [1.165, 1.54) is 11.4 Å². The van der Waals surface area contributed by atoms with E-state index in [4.69, 9.17) is 11.7 Å². The summed E-state index contributed by atoms with van der Waals surface area (Å²) in [6, 6.07) is 5.68. The van der Waals surface area contributed by atoms with Crippen LogP contribution in [0.5, 0.6) is 0 Å². The standard InChI is InChI=1S/C22H30N2O4S/c1-6-24-20-8-7-16(2)13-19(20)18(14-22(24,3)4)15-29(26,27)23-11-9-17(10-12-23)21(25)28-5/h2,7-8,13-14,17H,6,9-12,15H2,1,3-5H3. The maximum absolute atomic E-state index is 13.2. The molecule has 0 unspecified atom stereocenters. The molecule has 2 aliphatic heterocycles. The van der Waals surface area contributed by atoms with Crippen molar-refractivity contribution in [1.29, 1.82) is 0 Å². The number of benzene rings is 1. The molecule has 158 valence electrons. The van der Waals surface area contributed by atoms with Gasteiger partial charge in [-0.15, -0.1) is 0 Å². The number of nitrogens with zero attached hydrogens (tertiary/aromatic N) is 2. The fraction of sp³-hybridized carbons (Fsp3) is 0.545. The van der Waals surface area contributed by atoms with E-state index in [0.29, 0.717) is 31.5 Å². The molecule has 0 bridgehead atoms. The molecule has 1 aromatic carbocycles. The summed E-state index contributed by atoms with van der Waals surface area (Å²) in [6.07, 6.45) is 3.02. The molecule has 0 N–H and O–H groups in total. The first-order valence-corrected chi connectivity index (χ1v) is 11.6. The Morgan fingerprint density at radius 1 is 1.28 bits per heavy atom. The van der Waals surface area contributed by atoms with Crippen molar-refractivity contribution < 1.29 is 17.9 Å². The van der Waals surface area contributed by atoms with Crippen molar-refractivity contribution in [2.24, 2.45) is 5.92 Å². The van der Waals surface area contributed by atoms with Crippen LogP contribution in [-0.2, 0) is 19.6 Å². The van der Waals surface area contributed by atoms with Crippen molar-refractivity contribution in [2.45, 2.75) is 39.2 Å². The van der Waals surface area contributed by atoms with Crippen molar-refractivity contribution >= 4 is 27.3 Å². The predicted molar refractivity (Wildman–Crippen MR) is 115 cm³/mol. The zero-order chi connectivity index (χ0) is 21.4. The smallest absolute Gasteiger partial charge is 0.308 e. The number of hydrogen-bond acceptors (Lipinski definition) is 5. The minimum atomic E-state index is -3.52. The first-order chi connectivity index (χ1) is 13.6. The van der Waals surface area contributed by atoms with Gasteiger partial charge in [-0.1, -0.05) is 12.1 Å². The summed E-state index contributed by atoms with van der Waals surface area (Å²) in [7, 11) is -2.15. The zero-order valence-corrected chi connectivity index (χ0v) is 18.5. The number of likely N-dealkylation sites (N-methyl/N-ethyl adjacent to an activating group) is 1. The van der Waals surface area contributed by atoms with Crippen LogP contribution in [-0.4, -0.2) is 56.7 Å². The molecule has 0 atom stereocenters. The highest BCUT2D eigenvalue weighted by atomic mass is 32.2. The first-order valence-electron chi connectivity index (χ1n) is 10.0. The van der Waals surface area contributed by atoms with Gasteiger partial charge in [-0.3, -0.25) is 4.79 Å². The molecule has 1 fully saturated rings. The molecule has 0 aliphatic carbocycles. The lowest BCUT2D eigenvalue weighted by Gasteiger charge is -2.43. The van der Waals surface area contributed by atoms with Crippen molar-refractivity contribution in [3.05, 3.63) is 42.3 Å². The van der Waals surface area contributed by atoms with Gasteiger partial charge in [0, 0.05) is 30.9 Å². The molecule has 3 rings (SSSR count). The minimum absolute atomic E-state index is 0.0761. The van der Waals surface area contributed by atoms with E-state index in [-0.39, 0.29) is 23.2 Å². The Labute approximate surface area is 174 Å². The van der Waals surface area contributed by atoms with Crippen LogP contribution in [0.15, 0.2) is 24.3 Å². The third kappa shape index (κ3) is 4.36. The van der Waals surface area contributed by atoms with Crippen LogP contribution in [0, 0.1) is 12.8 Å². The lowest BCUT2D eigenvalue weighted by Crippen LogP contribution is -2.46. The Morgan fingerprint density at radius 3 is 2.52 bits per heavy atom. The molecule has 29 heavy (non-hydrogen) atoms. The Morgan fingerprint density at radius 2 is 1.93 bits per heavy atom. The highest BCUT2D eigenvalue weighted by Gasteiger charge is 2.36. The van der Waals surface area contributed by atoms with Crippen LogP contribution in [0.4, 0.5) is 5.69 Å². The normalized spacial score (nSPS) is 20.2. The second-order valence-corrected chi connectivity index (χ2v) is 10.3. The van der Waals surface area contributed by atoms with Crippen LogP contribution in [0.2, 0.25) is 0 Å². The van der Waals surface area contributed by atoms with Crippen molar-refractivity contribution in [2.75, 3.05) is 37.4 Å². The van der Waals surface area contributed by atoms with Gasteiger partial charge in [-0.05, 0) is 63.8 Å². The number of sulfonamides is 1. The predicted octanol–water partition coefficient (Wildman–Crippen LogP) is 2.96. The fourth-order valence-corrected chi connectivity index (χ4v) is 6.04. The molecule has 0 aromatic heterocycles. The Kier molecular flexibility index (Phi) is 6.11. The van der Waals surface area contributed by atoms with Gasteiger partial charge < -0.3 is 9.64 Å². The van der Waals surface area contributed by atoms with E-state index in [9.17, 15) is 13.2 Å². The summed E-state index contributed by atoms with van der Waals surface area (Å²) in [4.78, 5) is 14.0. The number of rotatable bonds is 5. The number of fused-ring (bicyclic) bond motifs is 1. The van der Waals surface area contributed by atoms with Crippen molar-refractivity contribution in [1.82, 2.24) is 4.31 Å². The number of hydrogen-bond donors (Lipinski definition) is 0. The maximum atomic E-state index is 13.2. The Hall–Kier alpha value is -1.86. The van der Waals surface area contributed by atoms with E-state index in [2.05, 4.69) is 25.7 Å². The second kappa shape index (κ2) is 8.11. The topological polar surface area (TPSA) is 66.9 Å². The number of anilines is 1. The van der Waals surface area contributed by atoms with Gasteiger partial charge in [0.1, 0.15) is 0 Å². The molecule has 1 saturated heterocycles. The second-order valence-electron chi connectivity index (χ2n) is 8.30. The van der Waals surface area contributed by atoms with Gasteiger partial charge in [0.2, 0.25) is 10.0 Å². The highest BCUT2D eigenvalue weighted by Crippen LogP contribution is 2.40. The number of ether oxygens (including phenoxy) is 1. The van der Waals surface area contributed by atoms with Gasteiger partial charge in [0.25, 0.3) is 0 Å². The van der Waals surface area contributed by atoms with E-state index >= 15 is 0 Å². The van der Waals surface area contributed by atoms with E-state index < -0.39 is 10.0 Å². The summed E-state index contributed by atoms with van der Waals surface area (Å²) in [5, 5.41) is 0. The van der Waals surface area contributed by atoms with Gasteiger partial charge in [-0.25, -0.2) is 12.7 Å². The van der Waals surface area contributed by atoms with Crippen LogP contribution in [0.3, 0.4) is 0 Å². The lowest BCUT2D eigenvalue weighted by molar-refractivity contribution is -0.146. The molecule has 0 saturated carbocycles. The molecule has 2 heterocycles. The Balaban J connectivity index is 1.86. The number of methoxy groups -OCH3 is 1. The van der Waals surface area contributed by atoms with Gasteiger partial charge in [0.05, 0.1) is 24.3 Å². The number of carbonyl (C=O) groups is 1. The van der Waals surface area contributed by atoms with Gasteiger partial charge in [0.15, 0.2) is 0 Å². The SMILES string of the molecule is [CH]c1ccc2c(c1)C(CS(=O)(=O)N1CCC(C(=O)OC)CC1)=CC(C)(C)N2CC. The largest absolute Gasteiger partial charge is 0.469 e. The Bertz CT molecular complexity index is 913. The van der Waals surface area contributed by atoms with E-state index in [1.54, 1.807) is 0 Å². The van der Waals surface area contributed by atoms with E-state index in [0.717, 1.165) is 23.4 Å². The van der Waals surface area contributed by atoms with Crippen molar-refractivity contribution in [3.8, 4) is 0 Å². The van der Waals surface area contributed by atoms with Crippen LogP contribution in [0.1, 0.15) is 44.7 Å². The highest BCUT2D eigenvalue weighted by molar-refractivity contribution is 7.89. The van der Waals surface area contributed by atoms with Crippen molar-refractivity contribution in [3.63, 3.8) is 0 Å². The lowest BCUT2D eigenvalue weighted by atomic mass is 9.88. The average Bonchev–Trinajstić information content (AvgIpc) is 2.67. The molecule has 0 spiro atoms. The summed E-state index contributed by atoms with van der Waals surface area (Å²) in [6.45, 7) is 13.8. The van der Waals surface area contributed by atoms with Gasteiger partial charge in [-0.2, -0.15) is 0 Å². The molecule has 7 heteroatoms.